The van der Waals surface area contributed by atoms with Crippen LogP contribution in [-0.4, -0.2) is 33.8 Å². The van der Waals surface area contributed by atoms with Crippen molar-refractivity contribution in [2.75, 3.05) is 19.4 Å². The summed E-state index contributed by atoms with van der Waals surface area (Å²) in [6.45, 7) is 6.10. The molecule has 0 aromatic rings. The third-order valence-corrected chi connectivity index (χ3v) is 3.08. The first-order valence-corrected chi connectivity index (χ1v) is 7.20. The molecule has 0 amide bonds. The molecule has 0 fully saturated rings. The Morgan fingerprint density at radius 2 is 1.94 bits per heavy atom. The number of esters is 1. The number of nitrogens with one attached hydrogen (secondary N) is 1. The van der Waals surface area contributed by atoms with E-state index in [1.54, 1.807) is 0 Å². The number of carbonyl (C=O) groups is 1. The minimum atomic E-state index is -3.15. The molecule has 0 aliphatic rings. The van der Waals surface area contributed by atoms with E-state index >= 15 is 0 Å². The maximum absolute atomic E-state index is 11.5. The molecule has 0 heterocycles. The van der Waals surface area contributed by atoms with E-state index in [2.05, 4.69) is 4.72 Å². The molecule has 0 rings (SSSR count). The molecular weight excluding hydrogens is 230 g/mol. The van der Waals surface area contributed by atoms with Crippen LogP contribution in [-0.2, 0) is 19.6 Å². The first kappa shape index (κ1) is 15.4. The predicted molar refractivity (Wildman–Crippen MR) is 62.5 cm³/mol. The molecule has 0 aromatic carbocycles. The zero-order valence-electron chi connectivity index (χ0n) is 10.4. The Hall–Kier alpha value is -0.620. The summed E-state index contributed by atoms with van der Waals surface area (Å²) in [6.07, 6.45) is 2.30. The summed E-state index contributed by atoms with van der Waals surface area (Å²) < 4.78 is 28.8. The highest BCUT2D eigenvalue weighted by atomic mass is 32.2. The first-order chi connectivity index (χ1) is 7.19. The summed E-state index contributed by atoms with van der Waals surface area (Å²) in [5.41, 5.74) is -0.468. The van der Waals surface area contributed by atoms with E-state index in [9.17, 15) is 13.2 Å². The zero-order valence-corrected chi connectivity index (χ0v) is 11.2. The van der Waals surface area contributed by atoms with Crippen LogP contribution in [0.15, 0.2) is 0 Å². The largest absolute Gasteiger partial charge is 0.465 e. The quantitative estimate of drug-likeness (QED) is 0.539. The minimum absolute atomic E-state index is 0.241. The summed E-state index contributed by atoms with van der Waals surface area (Å²) in [7, 11) is -3.15. The lowest BCUT2D eigenvalue weighted by atomic mass is 9.91. The maximum atomic E-state index is 11.5. The molecule has 0 radical (unpaired) electrons. The number of hydrogen-bond acceptors (Lipinski definition) is 4. The molecule has 0 bridgehead atoms. The summed E-state index contributed by atoms with van der Waals surface area (Å²) in [4.78, 5) is 11.5. The van der Waals surface area contributed by atoms with E-state index in [1.165, 1.54) is 0 Å². The van der Waals surface area contributed by atoms with Gasteiger partial charge in [0.05, 0.1) is 18.3 Å². The van der Waals surface area contributed by atoms with Crippen molar-refractivity contribution < 1.29 is 17.9 Å². The van der Waals surface area contributed by atoms with Crippen LogP contribution in [0, 0.1) is 5.41 Å². The minimum Gasteiger partial charge on any atom is -0.465 e. The molecule has 0 aliphatic carbocycles. The molecule has 0 aromatic heterocycles. The van der Waals surface area contributed by atoms with E-state index in [1.807, 2.05) is 20.8 Å². The SMILES string of the molecule is CCC(C)(C)C(=O)OCCCNS(C)(=O)=O. The van der Waals surface area contributed by atoms with Crippen molar-refractivity contribution in [3.05, 3.63) is 0 Å². The van der Waals surface area contributed by atoms with Crippen LogP contribution in [0.25, 0.3) is 0 Å². The molecule has 0 aliphatic heterocycles. The molecule has 0 unspecified atom stereocenters. The van der Waals surface area contributed by atoms with E-state index < -0.39 is 15.4 Å². The molecule has 0 atom stereocenters. The Kier molecular flexibility index (Phi) is 5.96. The highest BCUT2D eigenvalue weighted by Gasteiger charge is 2.26. The summed E-state index contributed by atoms with van der Waals surface area (Å²) >= 11 is 0. The van der Waals surface area contributed by atoms with Crippen molar-refractivity contribution >= 4 is 16.0 Å². The third kappa shape index (κ3) is 6.79. The Balaban J connectivity index is 3.72. The lowest BCUT2D eigenvalue weighted by molar-refractivity contribution is -0.154. The summed E-state index contributed by atoms with van der Waals surface area (Å²) in [5, 5.41) is 0. The number of hydrogen-bond donors (Lipinski definition) is 1. The second kappa shape index (κ2) is 6.20. The van der Waals surface area contributed by atoms with Gasteiger partial charge in [0.2, 0.25) is 10.0 Å². The van der Waals surface area contributed by atoms with Gasteiger partial charge in [0, 0.05) is 6.54 Å². The molecule has 1 N–H and O–H groups in total. The van der Waals surface area contributed by atoms with E-state index in [0.717, 1.165) is 6.26 Å². The Morgan fingerprint density at radius 1 is 1.38 bits per heavy atom. The van der Waals surface area contributed by atoms with Crippen LogP contribution >= 0.6 is 0 Å². The number of rotatable bonds is 7. The Bertz CT molecular complexity index is 322. The highest BCUT2D eigenvalue weighted by molar-refractivity contribution is 7.88. The molecule has 0 spiro atoms. The van der Waals surface area contributed by atoms with Crippen molar-refractivity contribution in [3.8, 4) is 0 Å². The van der Waals surface area contributed by atoms with Gasteiger partial charge in [-0.25, -0.2) is 13.1 Å². The van der Waals surface area contributed by atoms with Crippen molar-refractivity contribution in [2.24, 2.45) is 5.41 Å². The fourth-order valence-electron chi connectivity index (χ4n) is 0.834. The first-order valence-electron chi connectivity index (χ1n) is 5.31. The number of ether oxygens (including phenoxy) is 1. The van der Waals surface area contributed by atoms with Gasteiger partial charge in [-0.3, -0.25) is 4.79 Å². The average Bonchev–Trinajstić information content (AvgIpc) is 2.15. The Labute approximate surface area is 97.6 Å². The zero-order chi connectivity index (χ0) is 12.8. The van der Waals surface area contributed by atoms with Crippen LogP contribution in [0.5, 0.6) is 0 Å². The van der Waals surface area contributed by atoms with Gasteiger partial charge in [0.15, 0.2) is 0 Å². The molecule has 0 saturated carbocycles. The Morgan fingerprint density at radius 3 is 2.38 bits per heavy atom. The monoisotopic (exact) mass is 251 g/mol. The number of carbonyl (C=O) groups excluding carboxylic acids is 1. The smallest absolute Gasteiger partial charge is 0.311 e. The normalized spacial score (nSPS) is 12.5. The van der Waals surface area contributed by atoms with Crippen LogP contribution in [0.2, 0.25) is 0 Å². The second-order valence-corrected chi connectivity index (χ2v) is 6.23. The van der Waals surface area contributed by atoms with E-state index in [0.29, 0.717) is 19.4 Å². The fraction of sp³-hybridized carbons (Fsp3) is 0.900. The van der Waals surface area contributed by atoms with Gasteiger partial charge in [0.1, 0.15) is 0 Å². The van der Waals surface area contributed by atoms with Gasteiger partial charge in [0.25, 0.3) is 0 Å². The standard InChI is InChI=1S/C10H21NO4S/c1-5-10(2,3)9(12)15-8-6-7-11-16(4,13)14/h11H,5-8H2,1-4H3. The highest BCUT2D eigenvalue weighted by Crippen LogP contribution is 2.21. The third-order valence-electron chi connectivity index (χ3n) is 2.35. The molecular formula is C10H21NO4S. The summed E-state index contributed by atoms with van der Waals surface area (Å²) in [5.74, 6) is -0.241. The maximum Gasteiger partial charge on any atom is 0.311 e. The molecule has 6 heteroatoms. The lowest BCUT2D eigenvalue weighted by Gasteiger charge is -2.20. The predicted octanol–water partition coefficient (Wildman–Crippen LogP) is 0.905. The van der Waals surface area contributed by atoms with Crippen LogP contribution in [0.3, 0.4) is 0 Å². The number of sulfonamides is 1. The topological polar surface area (TPSA) is 72.5 Å². The second-order valence-electron chi connectivity index (χ2n) is 4.39. The van der Waals surface area contributed by atoms with Crippen LogP contribution in [0.4, 0.5) is 0 Å². The van der Waals surface area contributed by atoms with Crippen LogP contribution < -0.4 is 4.72 Å². The van der Waals surface area contributed by atoms with Gasteiger partial charge in [-0.05, 0) is 26.7 Å². The van der Waals surface area contributed by atoms with Gasteiger partial charge < -0.3 is 4.74 Å². The van der Waals surface area contributed by atoms with Crippen molar-refractivity contribution in [1.29, 1.82) is 0 Å². The molecule has 0 saturated heterocycles. The van der Waals surface area contributed by atoms with Crippen molar-refractivity contribution in [2.45, 2.75) is 33.6 Å². The van der Waals surface area contributed by atoms with Gasteiger partial charge in [-0.2, -0.15) is 0 Å². The van der Waals surface area contributed by atoms with E-state index in [-0.39, 0.29) is 12.6 Å². The molecule has 96 valence electrons. The molecule has 16 heavy (non-hydrogen) atoms. The summed E-state index contributed by atoms with van der Waals surface area (Å²) in [6, 6.07) is 0. The van der Waals surface area contributed by atoms with Gasteiger partial charge >= 0.3 is 5.97 Å². The van der Waals surface area contributed by atoms with Crippen molar-refractivity contribution in [1.82, 2.24) is 4.72 Å². The van der Waals surface area contributed by atoms with Gasteiger partial charge in [-0.1, -0.05) is 6.92 Å². The van der Waals surface area contributed by atoms with Gasteiger partial charge in [-0.15, -0.1) is 0 Å². The van der Waals surface area contributed by atoms with Crippen molar-refractivity contribution in [3.63, 3.8) is 0 Å². The average molecular weight is 251 g/mol. The fourth-order valence-corrected chi connectivity index (χ4v) is 1.35. The van der Waals surface area contributed by atoms with E-state index in [4.69, 9.17) is 4.74 Å². The van der Waals surface area contributed by atoms with Crippen LogP contribution in [0.1, 0.15) is 33.6 Å². The lowest BCUT2D eigenvalue weighted by Crippen LogP contribution is -2.28. The molecule has 5 nitrogen and oxygen atoms in total.